The number of benzene rings is 1. The molecule has 1 aromatic carbocycles. The van der Waals surface area contributed by atoms with Crippen molar-refractivity contribution in [3.05, 3.63) is 29.8 Å². The van der Waals surface area contributed by atoms with Gasteiger partial charge in [0.25, 0.3) is 0 Å². The highest BCUT2D eigenvalue weighted by Gasteiger charge is 2.14. The second-order valence-electron chi connectivity index (χ2n) is 3.77. The van der Waals surface area contributed by atoms with Crippen LogP contribution in [0, 0.1) is 0 Å². The molecule has 0 radical (unpaired) electrons. The van der Waals surface area contributed by atoms with E-state index in [0.717, 1.165) is 30.8 Å². The maximum absolute atomic E-state index is 5.72. The molecule has 1 aromatic rings. The van der Waals surface area contributed by atoms with Crippen molar-refractivity contribution in [3.63, 3.8) is 0 Å². The lowest BCUT2D eigenvalue weighted by molar-refractivity contribution is -0.105. The van der Waals surface area contributed by atoms with Gasteiger partial charge in [0.05, 0.1) is 6.61 Å². The first kappa shape index (κ1) is 10.5. The first-order valence-corrected chi connectivity index (χ1v) is 5.46. The van der Waals surface area contributed by atoms with E-state index in [9.17, 15) is 0 Å². The molecule has 3 heteroatoms. The molecule has 3 nitrogen and oxygen atoms in total. The fourth-order valence-electron chi connectivity index (χ4n) is 1.70. The van der Waals surface area contributed by atoms with E-state index in [-0.39, 0.29) is 6.29 Å². The Bertz CT molecular complexity index is 308. The zero-order valence-corrected chi connectivity index (χ0v) is 8.82. The second kappa shape index (κ2) is 5.14. The van der Waals surface area contributed by atoms with Gasteiger partial charge >= 0.3 is 0 Å². The summed E-state index contributed by atoms with van der Waals surface area (Å²) >= 11 is 0. The number of hydrogen-bond acceptors (Lipinski definition) is 3. The predicted octanol–water partition coefficient (Wildman–Crippen LogP) is 2.05. The molecule has 82 valence electrons. The highest BCUT2D eigenvalue weighted by Crippen LogP contribution is 2.19. The fourth-order valence-corrected chi connectivity index (χ4v) is 1.70. The largest absolute Gasteiger partial charge is 0.465 e. The van der Waals surface area contributed by atoms with Gasteiger partial charge < -0.3 is 15.2 Å². The molecular formula is C12H17NO2. The molecule has 0 aliphatic carbocycles. The van der Waals surface area contributed by atoms with Crippen molar-refractivity contribution >= 4 is 0 Å². The Hall–Kier alpha value is -1.06. The molecule has 2 N–H and O–H groups in total. The van der Waals surface area contributed by atoms with Crippen LogP contribution in [0.3, 0.4) is 0 Å². The summed E-state index contributed by atoms with van der Waals surface area (Å²) in [6, 6.07) is 7.87. The maximum atomic E-state index is 5.72. The van der Waals surface area contributed by atoms with E-state index < -0.39 is 0 Å². The minimum atomic E-state index is -0.0771. The highest BCUT2D eigenvalue weighted by atomic mass is 16.7. The monoisotopic (exact) mass is 207 g/mol. The second-order valence-corrected chi connectivity index (χ2v) is 3.77. The van der Waals surface area contributed by atoms with Crippen molar-refractivity contribution in [2.75, 3.05) is 6.61 Å². The van der Waals surface area contributed by atoms with Crippen LogP contribution in [-0.2, 0) is 11.3 Å². The van der Waals surface area contributed by atoms with E-state index in [1.54, 1.807) is 0 Å². The lowest BCUT2D eigenvalue weighted by atomic mass is 10.2. The lowest BCUT2D eigenvalue weighted by Gasteiger charge is -2.23. The first-order valence-electron chi connectivity index (χ1n) is 5.46. The van der Waals surface area contributed by atoms with Gasteiger partial charge in [-0.1, -0.05) is 12.1 Å². The Balaban J connectivity index is 1.96. The van der Waals surface area contributed by atoms with Gasteiger partial charge in [0.1, 0.15) is 5.75 Å². The van der Waals surface area contributed by atoms with Crippen LogP contribution in [0.15, 0.2) is 24.3 Å². The first-order chi connectivity index (χ1) is 7.38. The van der Waals surface area contributed by atoms with Crippen molar-refractivity contribution in [3.8, 4) is 5.75 Å². The minimum Gasteiger partial charge on any atom is -0.465 e. The normalized spacial score (nSPS) is 21.3. The van der Waals surface area contributed by atoms with E-state index in [1.807, 2.05) is 24.3 Å². The summed E-state index contributed by atoms with van der Waals surface area (Å²) < 4.78 is 11.2. The fraction of sp³-hybridized carbons (Fsp3) is 0.500. The topological polar surface area (TPSA) is 44.5 Å². The Morgan fingerprint density at radius 3 is 3.07 bits per heavy atom. The standard InChI is InChI=1S/C12H17NO2/c13-9-10-4-3-5-11(8-10)15-12-6-1-2-7-14-12/h3-5,8,12H,1-2,6-7,9,13H2. The third-order valence-electron chi connectivity index (χ3n) is 2.54. The predicted molar refractivity (Wildman–Crippen MR) is 58.6 cm³/mol. The van der Waals surface area contributed by atoms with Crippen LogP contribution in [0.5, 0.6) is 5.75 Å². The molecule has 1 aliphatic heterocycles. The van der Waals surface area contributed by atoms with Crippen LogP contribution in [0.25, 0.3) is 0 Å². The Kier molecular flexibility index (Phi) is 3.59. The van der Waals surface area contributed by atoms with E-state index in [2.05, 4.69) is 0 Å². The van der Waals surface area contributed by atoms with Gasteiger partial charge in [-0.25, -0.2) is 0 Å². The summed E-state index contributed by atoms with van der Waals surface area (Å²) in [7, 11) is 0. The molecule has 1 saturated heterocycles. The molecule has 0 bridgehead atoms. The van der Waals surface area contributed by atoms with Gasteiger partial charge in [-0.3, -0.25) is 0 Å². The van der Waals surface area contributed by atoms with Gasteiger partial charge in [0.2, 0.25) is 0 Å². The summed E-state index contributed by atoms with van der Waals surface area (Å²) in [6.45, 7) is 1.35. The third kappa shape index (κ3) is 2.94. The molecule has 0 spiro atoms. The molecular weight excluding hydrogens is 190 g/mol. The summed E-state index contributed by atoms with van der Waals surface area (Å²) in [5.74, 6) is 0.852. The lowest BCUT2D eigenvalue weighted by Crippen LogP contribution is -2.25. The molecule has 1 aliphatic rings. The van der Waals surface area contributed by atoms with Crippen molar-refractivity contribution in [2.45, 2.75) is 32.1 Å². The molecule has 0 aromatic heterocycles. The maximum Gasteiger partial charge on any atom is 0.199 e. The highest BCUT2D eigenvalue weighted by molar-refractivity contribution is 5.28. The van der Waals surface area contributed by atoms with Crippen LogP contribution < -0.4 is 10.5 Å². The third-order valence-corrected chi connectivity index (χ3v) is 2.54. The van der Waals surface area contributed by atoms with Gasteiger partial charge in [0.15, 0.2) is 6.29 Å². The van der Waals surface area contributed by atoms with E-state index in [1.165, 1.54) is 6.42 Å². The Labute approximate surface area is 90.2 Å². The molecule has 15 heavy (non-hydrogen) atoms. The van der Waals surface area contributed by atoms with Crippen LogP contribution in [-0.4, -0.2) is 12.9 Å². The quantitative estimate of drug-likeness (QED) is 0.825. The van der Waals surface area contributed by atoms with E-state index >= 15 is 0 Å². The van der Waals surface area contributed by atoms with Gasteiger partial charge in [-0.2, -0.15) is 0 Å². The van der Waals surface area contributed by atoms with Gasteiger partial charge in [0, 0.05) is 13.0 Å². The molecule has 1 unspecified atom stereocenters. The summed E-state index contributed by atoms with van der Waals surface area (Å²) in [5.41, 5.74) is 6.65. The number of hydrogen-bond donors (Lipinski definition) is 1. The summed E-state index contributed by atoms with van der Waals surface area (Å²) in [5, 5.41) is 0. The molecule has 0 amide bonds. The van der Waals surface area contributed by atoms with E-state index in [4.69, 9.17) is 15.2 Å². The zero-order valence-electron chi connectivity index (χ0n) is 8.82. The zero-order chi connectivity index (χ0) is 10.5. The number of ether oxygens (including phenoxy) is 2. The average molecular weight is 207 g/mol. The van der Waals surface area contributed by atoms with Crippen LogP contribution in [0.1, 0.15) is 24.8 Å². The molecule has 1 fully saturated rings. The van der Waals surface area contributed by atoms with Crippen LogP contribution >= 0.6 is 0 Å². The van der Waals surface area contributed by atoms with Gasteiger partial charge in [-0.05, 0) is 30.5 Å². The Morgan fingerprint density at radius 2 is 2.33 bits per heavy atom. The van der Waals surface area contributed by atoms with Crippen molar-refractivity contribution in [2.24, 2.45) is 5.73 Å². The molecule has 1 heterocycles. The van der Waals surface area contributed by atoms with Crippen molar-refractivity contribution in [1.29, 1.82) is 0 Å². The minimum absolute atomic E-state index is 0.0771. The van der Waals surface area contributed by atoms with Crippen LogP contribution in [0.4, 0.5) is 0 Å². The summed E-state index contributed by atoms with van der Waals surface area (Å²) in [6.07, 6.45) is 3.23. The average Bonchev–Trinajstić information content (AvgIpc) is 2.31. The van der Waals surface area contributed by atoms with Crippen LogP contribution in [0.2, 0.25) is 0 Å². The molecule has 2 rings (SSSR count). The van der Waals surface area contributed by atoms with Crippen molar-refractivity contribution < 1.29 is 9.47 Å². The summed E-state index contributed by atoms with van der Waals surface area (Å²) in [4.78, 5) is 0. The van der Waals surface area contributed by atoms with Crippen molar-refractivity contribution in [1.82, 2.24) is 0 Å². The van der Waals surface area contributed by atoms with Gasteiger partial charge in [-0.15, -0.1) is 0 Å². The molecule has 0 saturated carbocycles. The SMILES string of the molecule is NCc1cccc(OC2CCCCO2)c1. The number of rotatable bonds is 3. The molecule has 1 atom stereocenters. The van der Waals surface area contributed by atoms with E-state index in [0.29, 0.717) is 6.54 Å². The Morgan fingerprint density at radius 1 is 1.40 bits per heavy atom. The number of nitrogens with two attached hydrogens (primary N) is 1. The smallest absolute Gasteiger partial charge is 0.199 e.